The molecular weight excluding hydrogens is 256 g/mol. The van der Waals surface area contributed by atoms with Gasteiger partial charge >= 0.3 is 0 Å². The van der Waals surface area contributed by atoms with Gasteiger partial charge in [0, 0.05) is 20.0 Å². The van der Waals surface area contributed by atoms with Gasteiger partial charge in [0.1, 0.15) is 12.7 Å². The smallest absolute Gasteiger partial charge is 0.246 e. The Morgan fingerprint density at radius 3 is 2.85 bits per heavy atom. The van der Waals surface area contributed by atoms with Gasteiger partial charge in [0.05, 0.1) is 5.54 Å². The van der Waals surface area contributed by atoms with Crippen molar-refractivity contribution in [1.82, 2.24) is 10.2 Å². The minimum atomic E-state index is -0.511. The maximum atomic E-state index is 11.8. The van der Waals surface area contributed by atoms with Crippen LogP contribution in [0.25, 0.3) is 0 Å². The second-order valence-electron chi connectivity index (χ2n) is 5.40. The van der Waals surface area contributed by atoms with E-state index in [1.54, 1.807) is 11.8 Å². The molecular formula is C15H18N2O3. The normalized spacial score (nSPS) is 29.6. The quantitative estimate of drug-likeness (QED) is 0.818. The molecule has 1 aromatic carbocycles. The van der Waals surface area contributed by atoms with E-state index in [9.17, 15) is 9.59 Å². The Bertz CT molecular complexity index is 531. The third kappa shape index (κ3) is 2.08. The lowest BCUT2D eigenvalue weighted by Crippen LogP contribution is -2.67. The Morgan fingerprint density at radius 2 is 2.15 bits per heavy atom. The molecule has 0 unspecified atom stereocenters. The molecule has 106 valence electrons. The minimum absolute atomic E-state index is 0.0483. The molecule has 2 amide bonds. The van der Waals surface area contributed by atoms with Gasteiger partial charge < -0.3 is 15.0 Å². The predicted molar refractivity (Wildman–Crippen MR) is 72.9 cm³/mol. The number of hydrogen-bond acceptors (Lipinski definition) is 3. The van der Waals surface area contributed by atoms with Crippen molar-refractivity contribution in [3.63, 3.8) is 0 Å². The van der Waals surface area contributed by atoms with Crippen LogP contribution in [0.3, 0.4) is 0 Å². The number of fused-ring (bicyclic) bond motifs is 1. The van der Waals surface area contributed by atoms with Crippen molar-refractivity contribution in [2.24, 2.45) is 0 Å². The number of likely N-dealkylation sites (tertiary alicyclic amines) is 1. The van der Waals surface area contributed by atoms with E-state index in [1.165, 1.54) is 0 Å². The molecule has 2 atom stereocenters. The van der Waals surface area contributed by atoms with Gasteiger partial charge in [-0.1, -0.05) is 30.3 Å². The highest BCUT2D eigenvalue weighted by Gasteiger charge is 2.49. The van der Waals surface area contributed by atoms with E-state index in [4.69, 9.17) is 4.74 Å². The fourth-order valence-corrected chi connectivity index (χ4v) is 3.14. The number of amides is 2. The summed E-state index contributed by atoms with van der Waals surface area (Å²) >= 11 is 0. The first-order valence-electron chi connectivity index (χ1n) is 6.85. The number of benzene rings is 1. The third-order valence-electron chi connectivity index (χ3n) is 4.22. The molecule has 3 rings (SSSR count). The molecule has 0 saturated carbocycles. The summed E-state index contributed by atoms with van der Waals surface area (Å²) in [7, 11) is 0. The van der Waals surface area contributed by atoms with Crippen molar-refractivity contribution in [2.75, 3.05) is 19.7 Å². The molecule has 2 saturated heterocycles. The van der Waals surface area contributed by atoms with Crippen molar-refractivity contribution >= 4 is 11.8 Å². The van der Waals surface area contributed by atoms with E-state index in [0.29, 0.717) is 19.5 Å². The first kappa shape index (κ1) is 13.1. The summed E-state index contributed by atoms with van der Waals surface area (Å²) in [6, 6.07) is 9.88. The second-order valence-corrected chi connectivity index (χ2v) is 5.40. The summed E-state index contributed by atoms with van der Waals surface area (Å²) in [5, 5.41) is 3.11. The number of hydrogen-bond donors (Lipinski definition) is 1. The number of nitrogens with one attached hydrogen (secondary N) is 1. The molecule has 0 spiro atoms. The topological polar surface area (TPSA) is 58.6 Å². The van der Waals surface area contributed by atoms with Crippen molar-refractivity contribution < 1.29 is 14.3 Å². The van der Waals surface area contributed by atoms with Gasteiger partial charge in [0.15, 0.2) is 0 Å². The van der Waals surface area contributed by atoms with Crippen LogP contribution < -0.4 is 5.32 Å². The monoisotopic (exact) mass is 274 g/mol. The molecule has 1 aromatic rings. The molecule has 5 heteroatoms. The molecule has 20 heavy (non-hydrogen) atoms. The summed E-state index contributed by atoms with van der Waals surface area (Å²) in [4.78, 5) is 25.1. The first-order valence-corrected chi connectivity index (χ1v) is 6.85. The predicted octanol–water partition coefficient (Wildman–Crippen LogP) is 0.649. The number of morpholine rings is 1. The van der Waals surface area contributed by atoms with E-state index in [1.807, 2.05) is 30.3 Å². The van der Waals surface area contributed by atoms with Gasteiger partial charge in [-0.3, -0.25) is 9.59 Å². The maximum absolute atomic E-state index is 11.8. The van der Waals surface area contributed by atoms with Gasteiger partial charge in [-0.25, -0.2) is 0 Å². The zero-order valence-corrected chi connectivity index (χ0v) is 11.5. The lowest BCUT2D eigenvalue weighted by Gasteiger charge is -2.50. The number of rotatable bonds is 1. The molecule has 1 N–H and O–H groups in total. The summed E-state index contributed by atoms with van der Waals surface area (Å²) < 4.78 is 5.73. The molecule has 5 nitrogen and oxygen atoms in total. The third-order valence-corrected chi connectivity index (χ3v) is 4.22. The number of ether oxygens (including phenoxy) is 1. The van der Waals surface area contributed by atoms with Gasteiger partial charge in [-0.15, -0.1) is 0 Å². The van der Waals surface area contributed by atoms with Crippen LogP contribution in [0.15, 0.2) is 30.3 Å². The van der Waals surface area contributed by atoms with E-state index in [2.05, 4.69) is 5.32 Å². The van der Waals surface area contributed by atoms with Crippen LogP contribution in [0.2, 0.25) is 0 Å². The van der Waals surface area contributed by atoms with Crippen LogP contribution in [0.5, 0.6) is 0 Å². The lowest BCUT2D eigenvalue weighted by atomic mass is 9.77. The summed E-state index contributed by atoms with van der Waals surface area (Å²) in [6.07, 6.45) is 0.479. The van der Waals surface area contributed by atoms with Gasteiger partial charge in [0.2, 0.25) is 11.8 Å². The average Bonchev–Trinajstić information content (AvgIpc) is 2.47. The van der Waals surface area contributed by atoms with Crippen LogP contribution in [0.1, 0.15) is 18.9 Å². The number of piperidine rings is 1. The van der Waals surface area contributed by atoms with Crippen molar-refractivity contribution in [2.45, 2.75) is 25.0 Å². The lowest BCUT2D eigenvalue weighted by molar-refractivity contribution is -0.156. The van der Waals surface area contributed by atoms with E-state index in [0.717, 1.165) is 5.56 Å². The maximum Gasteiger partial charge on any atom is 0.246 e. The zero-order chi connectivity index (χ0) is 14.2. The number of carbonyl (C=O) groups is 2. The fourth-order valence-electron chi connectivity index (χ4n) is 3.14. The Hall–Kier alpha value is -1.88. The first-order chi connectivity index (χ1) is 9.62. The van der Waals surface area contributed by atoms with Crippen molar-refractivity contribution in [3.05, 3.63) is 35.9 Å². The average molecular weight is 274 g/mol. The number of carbonyl (C=O) groups excluding carboxylic acids is 2. The molecule has 0 radical (unpaired) electrons. The van der Waals surface area contributed by atoms with E-state index < -0.39 is 5.54 Å². The molecule has 0 aliphatic carbocycles. The molecule has 0 aromatic heterocycles. The van der Waals surface area contributed by atoms with Gasteiger partial charge in [-0.2, -0.15) is 0 Å². The summed E-state index contributed by atoms with van der Waals surface area (Å²) in [5.74, 6) is -0.0476. The molecule has 2 fully saturated rings. The van der Waals surface area contributed by atoms with E-state index in [-0.39, 0.29) is 24.5 Å². The Morgan fingerprint density at radius 1 is 1.40 bits per heavy atom. The largest absolute Gasteiger partial charge is 0.364 e. The van der Waals surface area contributed by atoms with Gasteiger partial charge in [0.25, 0.3) is 0 Å². The van der Waals surface area contributed by atoms with Crippen molar-refractivity contribution in [1.29, 1.82) is 0 Å². The Kier molecular flexibility index (Phi) is 3.22. The molecule has 2 aliphatic rings. The van der Waals surface area contributed by atoms with Crippen molar-refractivity contribution in [3.8, 4) is 0 Å². The van der Waals surface area contributed by atoms with Crippen LogP contribution in [0.4, 0.5) is 0 Å². The fraction of sp³-hybridized carbons (Fsp3) is 0.467. The zero-order valence-electron chi connectivity index (χ0n) is 11.5. The van der Waals surface area contributed by atoms with Crippen LogP contribution in [-0.4, -0.2) is 42.5 Å². The highest BCUT2D eigenvalue weighted by Crippen LogP contribution is 2.36. The summed E-state index contributed by atoms with van der Waals surface area (Å²) in [5.41, 5.74) is 0.531. The summed E-state index contributed by atoms with van der Waals surface area (Å²) in [6.45, 7) is 2.77. The van der Waals surface area contributed by atoms with Crippen LogP contribution in [-0.2, 0) is 19.9 Å². The standard InChI is InChI=1S/C15H18N2O3/c1-11(18)17-8-7-15(12-5-3-2-4-6-12)13(9-17)20-10-14(19)16-15/h2-6,13H,7-10H2,1H3,(H,16,19)/t13-,15+/m1/s1. The van der Waals surface area contributed by atoms with Crippen LogP contribution >= 0.6 is 0 Å². The van der Waals surface area contributed by atoms with Gasteiger partial charge in [-0.05, 0) is 12.0 Å². The second kappa shape index (κ2) is 4.90. The van der Waals surface area contributed by atoms with Crippen LogP contribution in [0, 0.1) is 0 Å². The Labute approximate surface area is 117 Å². The highest BCUT2D eigenvalue weighted by molar-refractivity contribution is 5.79. The Balaban J connectivity index is 1.96. The molecule has 2 heterocycles. The highest BCUT2D eigenvalue weighted by atomic mass is 16.5. The SMILES string of the molecule is CC(=O)N1CC[C@@]2(c3ccccc3)NC(=O)CO[C@@H]2C1. The number of nitrogens with zero attached hydrogens (tertiary/aromatic N) is 1. The molecule has 0 bridgehead atoms. The minimum Gasteiger partial charge on any atom is -0.364 e. The van der Waals surface area contributed by atoms with E-state index >= 15 is 0 Å². The molecule has 2 aliphatic heterocycles.